The Morgan fingerprint density at radius 1 is 0.678 bits per heavy atom. The van der Waals surface area contributed by atoms with Gasteiger partial charge in [0.2, 0.25) is 47.3 Å². The van der Waals surface area contributed by atoms with Gasteiger partial charge in [-0.2, -0.15) is 11.8 Å². The predicted octanol–water partition coefficient (Wildman–Crippen LogP) is -0.158. The maximum atomic E-state index is 13.8. The van der Waals surface area contributed by atoms with Crippen molar-refractivity contribution in [3.05, 3.63) is 0 Å². The molecular formula is C40H73N9O9S. The molecule has 0 spiro atoms. The third kappa shape index (κ3) is 20.2. The number of hydrogen-bond acceptors (Lipinski definition) is 11. The second-order valence-corrected chi connectivity index (χ2v) is 17.1. The van der Waals surface area contributed by atoms with E-state index >= 15 is 0 Å². The number of thioether (sulfide) groups is 1. The topological polar surface area (TPSA) is 293 Å². The van der Waals surface area contributed by atoms with Crippen molar-refractivity contribution in [2.45, 2.75) is 161 Å². The molecule has 0 aromatic heterocycles. The summed E-state index contributed by atoms with van der Waals surface area (Å²) in [7, 11) is 0. The molecule has 0 saturated heterocycles. The van der Waals surface area contributed by atoms with Gasteiger partial charge in [0.25, 0.3) is 0 Å². The number of rotatable bonds is 28. The van der Waals surface area contributed by atoms with Crippen molar-refractivity contribution in [1.29, 1.82) is 0 Å². The van der Waals surface area contributed by atoms with E-state index in [1.54, 1.807) is 6.92 Å². The van der Waals surface area contributed by atoms with Gasteiger partial charge in [-0.25, -0.2) is 0 Å². The van der Waals surface area contributed by atoms with E-state index in [0.717, 1.165) is 32.1 Å². The minimum absolute atomic E-state index is 0.0190. The molecule has 0 unspecified atom stereocenters. The van der Waals surface area contributed by atoms with Crippen LogP contribution in [0.5, 0.6) is 0 Å². The van der Waals surface area contributed by atoms with Gasteiger partial charge in [0.15, 0.2) is 0 Å². The zero-order valence-corrected chi connectivity index (χ0v) is 37.0. The third-order valence-corrected chi connectivity index (χ3v) is 11.2. The summed E-state index contributed by atoms with van der Waals surface area (Å²) in [4.78, 5) is 105. The summed E-state index contributed by atoms with van der Waals surface area (Å²) in [5.41, 5.74) is 11.0. The number of primary amides is 1. The van der Waals surface area contributed by atoms with Gasteiger partial charge in [0.1, 0.15) is 42.3 Å². The van der Waals surface area contributed by atoms with Gasteiger partial charge >= 0.3 is 0 Å². The van der Waals surface area contributed by atoms with Crippen LogP contribution < -0.4 is 48.7 Å². The molecule has 338 valence electrons. The lowest BCUT2D eigenvalue weighted by atomic mass is 9.84. The quantitative estimate of drug-likeness (QED) is 0.0462. The highest BCUT2D eigenvalue weighted by atomic mass is 32.2. The van der Waals surface area contributed by atoms with E-state index in [1.807, 2.05) is 27.0 Å². The lowest BCUT2D eigenvalue weighted by Gasteiger charge is -2.30. The van der Waals surface area contributed by atoms with Crippen molar-refractivity contribution in [3.8, 4) is 0 Å². The molecule has 0 radical (unpaired) electrons. The summed E-state index contributed by atoms with van der Waals surface area (Å²) in [6.45, 7) is 9.81. The van der Waals surface area contributed by atoms with E-state index in [4.69, 9.17) is 11.5 Å². The Morgan fingerprint density at radius 3 is 1.75 bits per heavy atom. The van der Waals surface area contributed by atoms with Gasteiger partial charge in [-0.1, -0.05) is 66.2 Å². The Balaban J connectivity index is 3.01. The van der Waals surface area contributed by atoms with Crippen LogP contribution in [0.15, 0.2) is 0 Å². The molecule has 0 aromatic rings. The van der Waals surface area contributed by atoms with E-state index in [9.17, 15) is 43.5 Å². The van der Waals surface area contributed by atoms with Crippen molar-refractivity contribution >= 4 is 59.0 Å². The summed E-state index contributed by atoms with van der Waals surface area (Å²) in [6.07, 6.45) is 9.88. The fourth-order valence-electron chi connectivity index (χ4n) is 6.67. The van der Waals surface area contributed by atoms with Crippen LogP contribution in [-0.2, 0) is 38.4 Å². The Kier molecular flexibility index (Phi) is 25.6. The number of nitrogens with one attached hydrogen (secondary N) is 7. The minimum atomic E-state index is -1.44. The van der Waals surface area contributed by atoms with E-state index in [1.165, 1.54) is 25.6 Å². The second-order valence-electron chi connectivity index (χ2n) is 16.1. The Bertz CT molecular complexity index is 1380. The fraction of sp³-hybridized carbons (Fsp3) is 0.800. The van der Waals surface area contributed by atoms with Crippen LogP contribution >= 0.6 is 11.8 Å². The molecule has 1 fully saturated rings. The maximum absolute atomic E-state index is 13.8. The number of carbonyl (C=O) groups is 8. The number of unbranched alkanes of at least 4 members (excludes halogenated alkanes) is 1. The molecule has 1 saturated carbocycles. The lowest BCUT2D eigenvalue weighted by molar-refractivity contribution is -0.136. The van der Waals surface area contributed by atoms with Gasteiger partial charge in [0, 0.05) is 6.42 Å². The van der Waals surface area contributed by atoms with Gasteiger partial charge in [-0.05, 0) is 82.3 Å². The normalized spacial score (nSPS) is 17.1. The summed E-state index contributed by atoms with van der Waals surface area (Å²) >= 11 is 1.42. The van der Waals surface area contributed by atoms with Crippen molar-refractivity contribution in [2.75, 3.05) is 25.2 Å². The monoisotopic (exact) mass is 856 g/mol. The second kappa shape index (κ2) is 28.5. The maximum Gasteiger partial charge on any atom is 0.245 e. The highest BCUT2D eigenvalue weighted by molar-refractivity contribution is 7.98. The van der Waals surface area contributed by atoms with Gasteiger partial charge in [0.05, 0.1) is 6.61 Å². The number of aliphatic hydroxyl groups is 1. The first-order valence-corrected chi connectivity index (χ1v) is 22.5. The number of amides is 8. The van der Waals surface area contributed by atoms with E-state index in [0.29, 0.717) is 38.0 Å². The van der Waals surface area contributed by atoms with E-state index in [-0.39, 0.29) is 42.9 Å². The largest absolute Gasteiger partial charge is 0.394 e. The molecule has 0 heterocycles. The zero-order valence-electron chi connectivity index (χ0n) is 36.2. The van der Waals surface area contributed by atoms with E-state index in [2.05, 4.69) is 37.2 Å². The molecule has 1 aliphatic rings. The van der Waals surface area contributed by atoms with Crippen LogP contribution in [-0.4, -0.2) is 120 Å². The number of aliphatic hydroxyl groups excluding tert-OH is 1. The van der Waals surface area contributed by atoms with Crippen molar-refractivity contribution in [2.24, 2.45) is 29.2 Å². The minimum Gasteiger partial charge on any atom is -0.394 e. The molecule has 8 amide bonds. The Hall–Kier alpha value is -3.97. The van der Waals surface area contributed by atoms with Crippen LogP contribution in [0.25, 0.3) is 0 Å². The van der Waals surface area contributed by atoms with Gasteiger partial charge < -0.3 is 53.8 Å². The highest BCUT2D eigenvalue weighted by Gasteiger charge is 2.34. The first kappa shape index (κ1) is 53.0. The van der Waals surface area contributed by atoms with Crippen molar-refractivity contribution < 1.29 is 43.5 Å². The first-order valence-electron chi connectivity index (χ1n) is 21.1. The SMILES string of the molecule is CC[C@@H](C)[C@H](NC(=O)[C@H](CC1CCCCC1)NC(=O)CCCCN)C(=O)N[C@@H](C)C(=O)N[C@@H](CCSC)C(=O)N[C@@H](C)C(=O)N[C@@H](CO)C(=O)N[C@@H](CC(C)C)C(N)=O. The molecule has 1 aliphatic carbocycles. The molecule has 0 aromatic carbocycles. The van der Waals surface area contributed by atoms with Crippen molar-refractivity contribution in [3.63, 3.8) is 0 Å². The molecule has 0 aliphatic heterocycles. The summed E-state index contributed by atoms with van der Waals surface area (Å²) in [6, 6.07) is -7.79. The molecule has 0 bridgehead atoms. The molecule has 8 atom stereocenters. The summed E-state index contributed by atoms with van der Waals surface area (Å²) < 4.78 is 0. The molecular weight excluding hydrogens is 783 g/mol. The van der Waals surface area contributed by atoms with Gasteiger partial charge in [-0.15, -0.1) is 0 Å². The molecule has 18 nitrogen and oxygen atoms in total. The van der Waals surface area contributed by atoms with Crippen LogP contribution in [0.4, 0.5) is 0 Å². The average Bonchev–Trinajstić information content (AvgIpc) is 3.19. The average molecular weight is 856 g/mol. The third-order valence-electron chi connectivity index (χ3n) is 10.5. The smallest absolute Gasteiger partial charge is 0.245 e. The van der Waals surface area contributed by atoms with Crippen molar-refractivity contribution in [1.82, 2.24) is 37.2 Å². The summed E-state index contributed by atoms with van der Waals surface area (Å²) in [5, 5.41) is 28.2. The van der Waals surface area contributed by atoms with Crippen LogP contribution in [0.3, 0.4) is 0 Å². The van der Waals surface area contributed by atoms with Gasteiger partial charge in [-0.3, -0.25) is 38.4 Å². The molecule has 19 heteroatoms. The zero-order chi connectivity index (χ0) is 44.7. The fourth-order valence-corrected chi connectivity index (χ4v) is 7.14. The first-order chi connectivity index (χ1) is 27.9. The molecule has 12 N–H and O–H groups in total. The highest BCUT2D eigenvalue weighted by Crippen LogP contribution is 2.27. The van der Waals surface area contributed by atoms with Crippen LogP contribution in [0.1, 0.15) is 119 Å². The number of carbonyl (C=O) groups excluding carboxylic acids is 8. The van der Waals surface area contributed by atoms with Crippen LogP contribution in [0, 0.1) is 17.8 Å². The van der Waals surface area contributed by atoms with Crippen LogP contribution in [0.2, 0.25) is 0 Å². The molecule has 59 heavy (non-hydrogen) atoms. The Labute approximate surface area is 354 Å². The number of hydrogen-bond donors (Lipinski definition) is 10. The lowest BCUT2D eigenvalue weighted by Crippen LogP contribution is -2.60. The predicted molar refractivity (Wildman–Crippen MR) is 227 cm³/mol. The summed E-state index contributed by atoms with van der Waals surface area (Å²) in [5.74, 6) is -4.74. The number of nitrogens with two attached hydrogens (primary N) is 2. The Morgan fingerprint density at radius 2 is 1.22 bits per heavy atom. The molecule has 1 rings (SSSR count). The standard InChI is InChI=1S/C40H73N9O9S/c1-8-24(4)33(49-38(56)30(21-27-14-10-9-11-15-27)45-32(51)16-12-13-18-41)40(58)44-26(6)35(53)46-28(17-19-59-7)37(55)43-25(5)36(54)48-31(22-50)39(57)47-29(34(42)52)20-23(2)3/h23-31,33,50H,8-22,41H2,1-7H3,(H2,42,52)(H,43,55)(H,44,58)(H,45,51)(H,46,53)(H,47,57)(H,48,54)(H,49,56)/t24-,25+,26+,28+,29+,30+,31+,33+/m1/s1. The van der Waals surface area contributed by atoms with E-state index < -0.39 is 90.3 Å².